The van der Waals surface area contributed by atoms with E-state index < -0.39 is 0 Å². The summed E-state index contributed by atoms with van der Waals surface area (Å²) in [6.45, 7) is 7.31. The average molecular weight is 264 g/mol. The Hall–Kier alpha value is -1.32. The van der Waals surface area contributed by atoms with Crippen LogP contribution in [-0.4, -0.2) is 24.1 Å². The van der Waals surface area contributed by atoms with Crippen LogP contribution in [0, 0.1) is 23.7 Å². The van der Waals surface area contributed by atoms with Gasteiger partial charge in [-0.25, -0.2) is 4.79 Å². The number of ether oxygens (including phenoxy) is 2. The van der Waals surface area contributed by atoms with Crippen molar-refractivity contribution in [2.45, 2.75) is 45.3 Å². The molecule has 5 unspecified atom stereocenters. The Labute approximate surface area is 113 Å². The van der Waals surface area contributed by atoms with Crippen LogP contribution in [-0.2, 0) is 19.1 Å². The number of rotatable bonds is 2. The number of fused-ring (bicyclic) bond motifs is 2. The van der Waals surface area contributed by atoms with Crippen LogP contribution in [0.4, 0.5) is 0 Å². The van der Waals surface area contributed by atoms with Crippen LogP contribution in [0.3, 0.4) is 0 Å². The molecular weight excluding hydrogens is 244 g/mol. The summed E-state index contributed by atoms with van der Waals surface area (Å²) in [5.41, 5.74) is 0.423. The van der Waals surface area contributed by atoms with Crippen LogP contribution in [0.1, 0.15) is 33.1 Å². The van der Waals surface area contributed by atoms with Gasteiger partial charge in [0, 0.05) is 11.5 Å². The zero-order valence-corrected chi connectivity index (χ0v) is 11.4. The first kappa shape index (κ1) is 12.7. The smallest absolute Gasteiger partial charge is 0.333 e. The molecule has 3 fully saturated rings. The van der Waals surface area contributed by atoms with Gasteiger partial charge in [0.1, 0.15) is 12.2 Å². The van der Waals surface area contributed by atoms with Gasteiger partial charge in [0.05, 0.1) is 5.92 Å². The molecule has 0 radical (unpaired) electrons. The molecule has 6 atom stereocenters. The van der Waals surface area contributed by atoms with Crippen molar-refractivity contribution in [3.05, 3.63) is 12.2 Å². The van der Waals surface area contributed by atoms with Gasteiger partial charge in [-0.15, -0.1) is 0 Å². The van der Waals surface area contributed by atoms with E-state index in [0.29, 0.717) is 17.4 Å². The van der Waals surface area contributed by atoms with Crippen molar-refractivity contribution < 1.29 is 19.1 Å². The van der Waals surface area contributed by atoms with Crippen LogP contribution in [0.15, 0.2) is 12.2 Å². The molecule has 3 bridgehead atoms. The summed E-state index contributed by atoms with van der Waals surface area (Å²) in [5.74, 6) is 0.462. The van der Waals surface area contributed by atoms with Crippen molar-refractivity contribution in [1.29, 1.82) is 0 Å². The lowest BCUT2D eigenvalue weighted by molar-refractivity contribution is -0.206. The molecular formula is C15H20O4. The topological polar surface area (TPSA) is 52.6 Å². The van der Waals surface area contributed by atoms with E-state index in [0.717, 1.165) is 19.3 Å². The summed E-state index contributed by atoms with van der Waals surface area (Å²) in [6, 6.07) is 0. The third-order valence-corrected chi connectivity index (χ3v) is 4.92. The molecule has 0 aromatic heterocycles. The highest BCUT2D eigenvalue weighted by atomic mass is 16.6. The molecule has 1 aliphatic heterocycles. The van der Waals surface area contributed by atoms with E-state index in [-0.39, 0.29) is 36.0 Å². The first-order valence-electron chi connectivity index (χ1n) is 7.04. The van der Waals surface area contributed by atoms with E-state index in [1.807, 2.05) is 6.92 Å². The van der Waals surface area contributed by atoms with Crippen molar-refractivity contribution in [3.63, 3.8) is 0 Å². The quantitative estimate of drug-likeness (QED) is 0.566. The molecule has 1 saturated heterocycles. The minimum atomic E-state index is -0.330. The second-order valence-corrected chi connectivity index (χ2v) is 6.34. The largest absolute Gasteiger partial charge is 0.461 e. The summed E-state index contributed by atoms with van der Waals surface area (Å²) < 4.78 is 11.2. The van der Waals surface area contributed by atoms with E-state index >= 15 is 0 Å². The Balaban J connectivity index is 1.82. The van der Waals surface area contributed by atoms with Gasteiger partial charge in [-0.1, -0.05) is 13.5 Å². The van der Waals surface area contributed by atoms with Crippen LogP contribution < -0.4 is 0 Å². The highest BCUT2D eigenvalue weighted by Crippen LogP contribution is 2.50. The Kier molecular flexibility index (Phi) is 2.91. The van der Waals surface area contributed by atoms with Crippen molar-refractivity contribution in [3.8, 4) is 0 Å². The summed E-state index contributed by atoms with van der Waals surface area (Å²) in [4.78, 5) is 23.6. The van der Waals surface area contributed by atoms with Crippen molar-refractivity contribution in [2.75, 3.05) is 0 Å². The van der Waals surface area contributed by atoms with Gasteiger partial charge in [-0.2, -0.15) is 0 Å². The van der Waals surface area contributed by atoms with Gasteiger partial charge in [-0.05, 0) is 38.0 Å². The molecule has 0 aromatic carbocycles. The fourth-order valence-electron chi connectivity index (χ4n) is 4.04. The maximum Gasteiger partial charge on any atom is 0.333 e. The molecule has 3 rings (SSSR count). The number of hydrogen-bond donors (Lipinski definition) is 0. The van der Waals surface area contributed by atoms with Crippen LogP contribution in [0.2, 0.25) is 0 Å². The molecule has 4 nitrogen and oxygen atoms in total. The lowest BCUT2D eigenvalue weighted by atomic mass is 9.60. The fraction of sp³-hybridized carbons (Fsp3) is 0.733. The van der Waals surface area contributed by atoms with Gasteiger partial charge >= 0.3 is 11.9 Å². The SMILES string of the molecule is C=C(C)C(=O)OC1C2CC3CC(C2)C(OC3=O)[C@H]1C. The molecule has 3 aliphatic rings. The van der Waals surface area contributed by atoms with Crippen LogP contribution in [0.25, 0.3) is 0 Å². The molecule has 0 N–H and O–H groups in total. The second-order valence-electron chi connectivity index (χ2n) is 6.34. The van der Waals surface area contributed by atoms with Crippen molar-refractivity contribution >= 4 is 11.9 Å². The molecule has 104 valence electrons. The molecule has 2 saturated carbocycles. The zero-order valence-electron chi connectivity index (χ0n) is 11.4. The minimum Gasteiger partial charge on any atom is -0.461 e. The van der Waals surface area contributed by atoms with E-state index in [1.165, 1.54) is 0 Å². The number of carbonyl (C=O) groups excluding carboxylic acids is 2. The van der Waals surface area contributed by atoms with E-state index in [2.05, 4.69) is 6.58 Å². The highest BCUT2D eigenvalue weighted by molar-refractivity contribution is 5.87. The molecule has 2 aliphatic carbocycles. The minimum absolute atomic E-state index is 0.0125. The first-order valence-corrected chi connectivity index (χ1v) is 7.04. The molecule has 1 heterocycles. The van der Waals surface area contributed by atoms with Gasteiger partial charge in [-0.3, -0.25) is 4.79 Å². The summed E-state index contributed by atoms with van der Waals surface area (Å²) in [6.07, 6.45) is 2.53. The lowest BCUT2D eigenvalue weighted by Gasteiger charge is -2.52. The number of esters is 2. The van der Waals surface area contributed by atoms with Gasteiger partial charge in [0.2, 0.25) is 0 Å². The standard InChI is InChI=1S/C15H20O4/c1-7(2)14(16)18-12-8(3)13-10-4-9(12)5-11(6-10)15(17)19-13/h8-13H,1,4-6H2,2-3H3/t8-,9?,10?,11?,12?,13?/m0/s1. The summed E-state index contributed by atoms with van der Waals surface area (Å²) in [5, 5.41) is 0. The predicted molar refractivity (Wildman–Crippen MR) is 68.1 cm³/mol. The summed E-state index contributed by atoms with van der Waals surface area (Å²) >= 11 is 0. The molecule has 4 heteroatoms. The average Bonchev–Trinajstić information content (AvgIpc) is 2.37. The lowest BCUT2D eigenvalue weighted by Crippen LogP contribution is -2.57. The Morgan fingerprint density at radius 1 is 1.32 bits per heavy atom. The molecule has 0 aromatic rings. The van der Waals surface area contributed by atoms with Gasteiger partial charge < -0.3 is 9.47 Å². The Morgan fingerprint density at radius 2 is 2.00 bits per heavy atom. The summed E-state index contributed by atoms with van der Waals surface area (Å²) in [7, 11) is 0. The van der Waals surface area contributed by atoms with Crippen molar-refractivity contribution in [2.24, 2.45) is 23.7 Å². The maximum atomic E-state index is 11.8. The monoisotopic (exact) mass is 264 g/mol. The number of hydrogen-bond acceptors (Lipinski definition) is 4. The van der Waals surface area contributed by atoms with Crippen LogP contribution >= 0.6 is 0 Å². The third-order valence-electron chi connectivity index (χ3n) is 4.92. The van der Waals surface area contributed by atoms with E-state index in [1.54, 1.807) is 6.92 Å². The Morgan fingerprint density at radius 3 is 2.68 bits per heavy atom. The predicted octanol–water partition coefficient (Wildman–Crippen LogP) is 2.08. The van der Waals surface area contributed by atoms with Crippen LogP contribution in [0.5, 0.6) is 0 Å². The number of carbonyl (C=O) groups is 2. The first-order chi connectivity index (χ1) is 8.97. The normalized spacial score (nSPS) is 43.6. The molecule has 19 heavy (non-hydrogen) atoms. The van der Waals surface area contributed by atoms with E-state index in [9.17, 15) is 9.59 Å². The maximum absolute atomic E-state index is 11.8. The fourth-order valence-corrected chi connectivity index (χ4v) is 4.04. The highest BCUT2D eigenvalue weighted by Gasteiger charge is 2.54. The Bertz CT molecular complexity index is 439. The van der Waals surface area contributed by atoms with Gasteiger partial charge in [0.15, 0.2) is 0 Å². The van der Waals surface area contributed by atoms with E-state index in [4.69, 9.17) is 9.47 Å². The van der Waals surface area contributed by atoms with Gasteiger partial charge in [0.25, 0.3) is 0 Å². The molecule has 0 spiro atoms. The zero-order chi connectivity index (χ0) is 13.7. The van der Waals surface area contributed by atoms with Crippen molar-refractivity contribution in [1.82, 2.24) is 0 Å². The third kappa shape index (κ3) is 1.97. The second kappa shape index (κ2) is 4.36. The molecule has 0 amide bonds.